The average molecular weight is 156 g/mol. The van der Waals surface area contributed by atoms with E-state index in [1.807, 2.05) is 13.0 Å². The van der Waals surface area contributed by atoms with Crippen molar-refractivity contribution < 1.29 is 9.53 Å². The van der Waals surface area contributed by atoms with Gasteiger partial charge in [-0.2, -0.15) is 0 Å². The van der Waals surface area contributed by atoms with Crippen LogP contribution >= 0.6 is 0 Å². The third-order valence-corrected chi connectivity index (χ3v) is 1.82. The van der Waals surface area contributed by atoms with E-state index in [1.165, 1.54) is 6.92 Å². The lowest BCUT2D eigenvalue weighted by Gasteiger charge is -2.15. The van der Waals surface area contributed by atoms with Gasteiger partial charge < -0.3 is 4.74 Å². The second-order valence-electron chi connectivity index (χ2n) is 2.87. The first-order valence-electron chi connectivity index (χ1n) is 3.83. The van der Waals surface area contributed by atoms with E-state index in [4.69, 9.17) is 4.74 Å². The molecule has 0 heterocycles. The molecule has 0 aromatic rings. The number of hydrogen-bond acceptors (Lipinski definition) is 2. The van der Waals surface area contributed by atoms with Crippen molar-refractivity contribution in [2.75, 3.05) is 6.61 Å². The van der Waals surface area contributed by atoms with Crippen molar-refractivity contribution >= 4 is 5.97 Å². The summed E-state index contributed by atoms with van der Waals surface area (Å²) >= 11 is 0. The maximum Gasteiger partial charge on any atom is 0.302 e. The van der Waals surface area contributed by atoms with Crippen LogP contribution in [0.2, 0.25) is 0 Å². The summed E-state index contributed by atoms with van der Waals surface area (Å²) in [5, 5.41) is 0. The monoisotopic (exact) mass is 156 g/mol. The maximum atomic E-state index is 10.4. The smallest absolute Gasteiger partial charge is 0.302 e. The van der Waals surface area contributed by atoms with Crippen molar-refractivity contribution in [3.8, 4) is 0 Å². The Morgan fingerprint density at radius 3 is 2.55 bits per heavy atom. The van der Waals surface area contributed by atoms with Gasteiger partial charge in [-0.3, -0.25) is 4.79 Å². The molecule has 0 aliphatic carbocycles. The molecule has 0 spiro atoms. The minimum atomic E-state index is -0.215. The summed E-state index contributed by atoms with van der Waals surface area (Å²) in [6.07, 6.45) is 1.87. The Kier molecular flexibility index (Phi) is 4.59. The fourth-order valence-corrected chi connectivity index (χ4v) is 0.633. The molecule has 0 aliphatic rings. The molecule has 0 bridgehead atoms. The summed E-state index contributed by atoms with van der Waals surface area (Å²) in [6.45, 7) is 9.67. The van der Waals surface area contributed by atoms with Crippen LogP contribution in [0.25, 0.3) is 0 Å². The van der Waals surface area contributed by atoms with Crippen LogP contribution < -0.4 is 0 Å². The molecule has 0 aliphatic heterocycles. The number of carbonyl (C=O) groups excluding carboxylic acids is 1. The van der Waals surface area contributed by atoms with Crippen LogP contribution in [0.1, 0.15) is 20.8 Å². The van der Waals surface area contributed by atoms with E-state index < -0.39 is 0 Å². The Labute approximate surface area is 68.2 Å². The highest BCUT2D eigenvalue weighted by Crippen LogP contribution is 2.11. The molecule has 2 nitrogen and oxygen atoms in total. The SMILES string of the molecule is C=CC(C)C(C)COC(C)=O. The van der Waals surface area contributed by atoms with E-state index in [2.05, 4.69) is 13.5 Å². The first-order valence-corrected chi connectivity index (χ1v) is 3.83. The van der Waals surface area contributed by atoms with Crippen LogP contribution in [-0.4, -0.2) is 12.6 Å². The molecule has 0 aromatic heterocycles. The third-order valence-electron chi connectivity index (χ3n) is 1.82. The molecule has 0 amide bonds. The summed E-state index contributed by atoms with van der Waals surface area (Å²) in [5.74, 6) is 0.541. The Balaban J connectivity index is 3.59. The molecule has 0 aromatic carbocycles. The first kappa shape index (κ1) is 10.2. The second-order valence-corrected chi connectivity index (χ2v) is 2.87. The van der Waals surface area contributed by atoms with Gasteiger partial charge in [-0.1, -0.05) is 19.9 Å². The van der Waals surface area contributed by atoms with Gasteiger partial charge in [0.25, 0.3) is 0 Å². The summed E-state index contributed by atoms with van der Waals surface area (Å²) in [4.78, 5) is 10.4. The van der Waals surface area contributed by atoms with Crippen LogP contribution in [0, 0.1) is 11.8 Å². The fraction of sp³-hybridized carbons (Fsp3) is 0.667. The van der Waals surface area contributed by atoms with Crippen LogP contribution in [0.15, 0.2) is 12.7 Å². The average Bonchev–Trinajstić information content (AvgIpc) is 1.98. The van der Waals surface area contributed by atoms with Crippen LogP contribution in [-0.2, 0) is 9.53 Å². The van der Waals surface area contributed by atoms with Crippen LogP contribution in [0.4, 0.5) is 0 Å². The van der Waals surface area contributed by atoms with Crippen LogP contribution in [0.3, 0.4) is 0 Å². The van der Waals surface area contributed by atoms with Gasteiger partial charge in [0.1, 0.15) is 0 Å². The van der Waals surface area contributed by atoms with E-state index in [9.17, 15) is 4.79 Å². The van der Waals surface area contributed by atoms with Crippen molar-refractivity contribution in [1.82, 2.24) is 0 Å². The van der Waals surface area contributed by atoms with Crippen molar-refractivity contribution in [3.63, 3.8) is 0 Å². The Morgan fingerprint density at radius 2 is 2.18 bits per heavy atom. The van der Waals surface area contributed by atoms with E-state index in [-0.39, 0.29) is 5.97 Å². The third kappa shape index (κ3) is 4.59. The van der Waals surface area contributed by atoms with E-state index >= 15 is 0 Å². The molecular formula is C9H16O2. The molecule has 0 saturated carbocycles. The topological polar surface area (TPSA) is 26.3 Å². The lowest BCUT2D eigenvalue weighted by Crippen LogP contribution is -2.14. The lowest BCUT2D eigenvalue weighted by molar-refractivity contribution is -0.142. The Morgan fingerprint density at radius 1 is 1.64 bits per heavy atom. The number of carbonyl (C=O) groups is 1. The number of ether oxygens (including phenoxy) is 1. The van der Waals surface area contributed by atoms with Gasteiger partial charge in [0.2, 0.25) is 0 Å². The molecular weight excluding hydrogens is 140 g/mol. The van der Waals surface area contributed by atoms with Crippen molar-refractivity contribution in [2.24, 2.45) is 11.8 Å². The molecule has 2 heteroatoms. The van der Waals surface area contributed by atoms with Gasteiger partial charge in [-0.05, 0) is 11.8 Å². The highest BCUT2D eigenvalue weighted by Gasteiger charge is 2.09. The lowest BCUT2D eigenvalue weighted by atomic mass is 9.97. The van der Waals surface area contributed by atoms with Crippen molar-refractivity contribution in [1.29, 1.82) is 0 Å². The molecule has 0 rings (SSSR count). The Hall–Kier alpha value is -0.790. The molecule has 0 N–H and O–H groups in total. The molecule has 11 heavy (non-hydrogen) atoms. The number of esters is 1. The standard InChI is InChI=1S/C9H16O2/c1-5-7(2)8(3)6-11-9(4)10/h5,7-8H,1,6H2,2-4H3. The summed E-state index contributed by atoms with van der Waals surface area (Å²) in [5.41, 5.74) is 0. The minimum Gasteiger partial charge on any atom is -0.466 e. The number of hydrogen-bond donors (Lipinski definition) is 0. The number of rotatable bonds is 4. The van der Waals surface area contributed by atoms with Crippen molar-refractivity contribution in [3.05, 3.63) is 12.7 Å². The minimum absolute atomic E-state index is 0.215. The molecule has 0 saturated heterocycles. The quantitative estimate of drug-likeness (QED) is 0.459. The second kappa shape index (κ2) is 4.94. The summed E-state index contributed by atoms with van der Waals surface area (Å²) in [7, 11) is 0. The predicted octanol–water partition coefficient (Wildman–Crippen LogP) is 2.01. The zero-order valence-corrected chi connectivity index (χ0v) is 7.46. The van der Waals surface area contributed by atoms with Crippen LogP contribution in [0.5, 0.6) is 0 Å². The largest absolute Gasteiger partial charge is 0.466 e. The Bertz CT molecular complexity index is 140. The van der Waals surface area contributed by atoms with E-state index in [1.54, 1.807) is 0 Å². The first-order chi connectivity index (χ1) is 5.07. The molecule has 2 atom stereocenters. The summed E-state index contributed by atoms with van der Waals surface area (Å²) < 4.78 is 4.84. The van der Waals surface area contributed by atoms with Gasteiger partial charge in [0, 0.05) is 6.92 Å². The van der Waals surface area contributed by atoms with Gasteiger partial charge in [-0.25, -0.2) is 0 Å². The molecule has 64 valence electrons. The van der Waals surface area contributed by atoms with Gasteiger partial charge in [0.05, 0.1) is 6.61 Å². The van der Waals surface area contributed by atoms with Gasteiger partial charge in [-0.15, -0.1) is 6.58 Å². The van der Waals surface area contributed by atoms with Gasteiger partial charge >= 0.3 is 5.97 Å². The molecule has 0 fully saturated rings. The normalized spacial score (nSPS) is 15.2. The van der Waals surface area contributed by atoms with Gasteiger partial charge in [0.15, 0.2) is 0 Å². The zero-order chi connectivity index (χ0) is 8.85. The highest BCUT2D eigenvalue weighted by atomic mass is 16.5. The van der Waals surface area contributed by atoms with E-state index in [0.717, 1.165) is 0 Å². The molecule has 2 unspecified atom stereocenters. The maximum absolute atomic E-state index is 10.4. The fourth-order valence-electron chi connectivity index (χ4n) is 0.633. The summed E-state index contributed by atoms with van der Waals surface area (Å²) in [6, 6.07) is 0. The molecule has 0 radical (unpaired) electrons. The van der Waals surface area contributed by atoms with Crippen molar-refractivity contribution in [2.45, 2.75) is 20.8 Å². The number of allylic oxidation sites excluding steroid dienone is 1. The zero-order valence-electron chi connectivity index (χ0n) is 7.46. The highest BCUT2D eigenvalue weighted by molar-refractivity contribution is 5.65. The predicted molar refractivity (Wildman–Crippen MR) is 45.2 cm³/mol. The van der Waals surface area contributed by atoms with E-state index in [0.29, 0.717) is 18.4 Å².